The van der Waals surface area contributed by atoms with Gasteiger partial charge in [0.2, 0.25) is 11.2 Å². The lowest BCUT2D eigenvalue weighted by molar-refractivity contribution is -0.164. The van der Waals surface area contributed by atoms with Crippen LogP contribution in [0.1, 0.15) is 62.0 Å². The highest BCUT2D eigenvalue weighted by Gasteiger charge is 2.42. The van der Waals surface area contributed by atoms with Crippen LogP contribution in [-0.4, -0.2) is 70.4 Å². The summed E-state index contributed by atoms with van der Waals surface area (Å²) in [5.74, 6) is 0.0258. The van der Waals surface area contributed by atoms with Gasteiger partial charge in [-0.05, 0) is 114 Å². The third-order valence-electron chi connectivity index (χ3n) is 12.0. The molecule has 1 amide bonds. The predicted octanol–water partition coefficient (Wildman–Crippen LogP) is 7.42. The number of carbonyl (C=O) groups excluding carboxylic acids is 2. The molecule has 0 aliphatic carbocycles. The monoisotopic (exact) mass is 892 g/mol. The lowest BCUT2D eigenvalue weighted by Crippen LogP contribution is -2.40. The Labute approximate surface area is 381 Å². The molecule has 6 N–H and O–H groups in total. The van der Waals surface area contributed by atoms with Crippen molar-refractivity contribution in [2.24, 2.45) is 5.92 Å². The number of aliphatic hydroxyl groups is 2. The van der Waals surface area contributed by atoms with Crippen LogP contribution in [0.25, 0.3) is 21.3 Å². The second kappa shape index (κ2) is 20.5. The molecule has 1 saturated heterocycles. The summed E-state index contributed by atoms with van der Waals surface area (Å²) in [5.41, 5.74) is 2.78. The van der Waals surface area contributed by atoms with Crippen molar-refractivity contribution in [3.8, 4) is 21.9 Å². The topological polar surface area (TPSA) is 173 Å². The van der Waals surface area contributed by atoms with Gasteiger partial charge in [0.15, 0.2) is 0 Å². The first-order chi connectivity index (χ1) is 31.6. The molecule has 1 aliphatic rings. The molecular formula is C52H52N4O8S. The van der Waals surface area contributed by atoms with Crippen LogP contribution < -0.4 is 20.9 Å². The van der Waals surface area contributed by atoms with Crippen molar-refractivity contribution in [3.05, 3.63) is 188 Å². The van der Waals surface area contributed by atoms with E-state index in [0.29, 0.717) is 40.7 Å². The number of nitrogens with one attached hydrogen (secondary N) is 3. The van der Waals surface area contributed by atoms with Crippen LogP contribution in [0.15, 0.2) is 144 Å². The van der Waals surface area contributed by atoms with Gasteiger partial charge < -0.3 is 40.4 Å². The first-order valence-corrected chi connectivity index (χ1v) is 22.5. The first kappa shape index (κ1) is 45.0. The summed E-state index contributed by atoms with van der Waals surface area (Å²) >= 11 is 1.51. The number of aromatic hydroxyl groups is 1. The number of ether oxygens (including phenoxy) is 2. The van der Waals surface area contributed by atoms with Crippen molar-refractivity contribution in [1.82, 2.24) is 20.5 Å². The molecule has 2 unspecified atom stereocenters. The normalized spacial score (nSPS) is 14.7. The van der Waals surface area contributed by atoms with Crippen molar-refractivity contribution in [3.63, 3.8) is 0 Å². The van der Waals surface area contributed by atoms with Gasteiger partial charge in [0.25, 0.3) is 5.91 Å². The summed E-state index contributed by atoms with van der Waals surface area (Å²) in [6.45, 7) is 3.83. The molecule has 5 aromatic carbocycles. The molecule has 0 bridgehead atoms. The molecule has 0 spiro atoms. The molecule has 2 aromatic heterocycles. The summed E-state index contributed by atoms with van der Waals surface area (Å²) in [6.07, 6.45) is 0.881. The van der Waals surface area contributed by atoms with E-state index >= 15 is 0 Å². The molecule has 2 atom stereocenters. The van der Waals surface area contributed by atoms with Crippen LogP contribution in [0, 0.1) is 5.92 Å². The Balaban J connectivity index is 0.842. The van der Waals surface area contributed by atoms with E-state index in [1.807, 2.05) is 60.7 Å². The van der Waals surface area contributed by atoms with E-state index in [9.17, 15) is 29.7 Å². The zero-order valence-corrected chi connectivity index (χ0v) is 36.9. The number of H-pyrrole nitrogens is 1. The van der Waals surface area contributed by atoms with Crippen LogP contribution in [0.3, 0.4) is 0 Å². The maximum absolute atomic E-state index is 14.0. The molecular weight excluding hydrogens is 841 g/mol. The number of aromatic nitrogens is 1. The van der Waals surface area contributed by atoms with Crippen molar-refractivity contribution < 1.29 is 34.4 Å². The van der Waals surface area contributed by atoms with Crippen LogP contribution in [0.2, 0.25) is 0 Å². The minimum absolute atomic E-state index is 0.0668. The molecule has 12 nitrogen and oxygen atoms in total. The molecule has 8 rings (SSSR count). The number of hydrogen-bond donors (Lipinski definition) is 6. The SMILES string of the molecule is COc1ccc(CN2CCC(COC(=O)C(O)(c3ccccc3)c3cccc(-c4ccc(CNC(=O)c5ccc(CNCC(O)c6ccc(O)c7[nH]c(=O)ccc67)cc5)s4)c3)CC2)cc1. The van der Waals surface area contributed by atoms with Gasteiger partial charge >= 0.3 is 5.97 Å². The van der Waals surface area contributed by atoms with Crippen molar-refractivity contribution in [2.45, 2.75) is 44.2 Å². The van der Waals surface area contributed by atoms with Crippen molar-refractivity contribution in [2.75, 3.05) is 33.4 Å². The fourth-order valence-corrected chi connectivity index (χ4v) is 9.21. The predicted molar refractivity (Wildman–Crippen MR) is 252 cm³/mol. The minimum Gasteiger partial charge on any atom is -0.506 e. The smallest absolute Gasteiger partial charge is 0.347 e. The van der Waals surface area contributed by atoms with Gasteiger partial charge in [-0.15, -0.1) is 11.3 Å². The number of fused-ring (bicyclic) bond motifs is 1. The van der Waals surface area contributed by atoms with Crippen molar-refractivity contribution in [1.29, 1.82) is 0 Å². The quantitative estimate of drug-likeness (QED) is 0.0506. The highest BCUT2D eigenvalue weighted by atomic mass is 32.1. The van der Waals surface area contributed by atoms with E-state index in [1.54, 1.807) is 61.7 Å². The average Bonchev–Trinajstić information content (AvgIpc) is 3.83. The van der Waals surface area contributed by atoms with Gasteiger partial charge in [0.1, 0.15) is 11.5 Å². The highest BCUT2D eigenvalue weighted by molar-refractivity contribution is 7.15. The summed E-state index contributed by atoms with van der Waals surface area (Å²) in [6, 6.07) is 41.5. The van der Waals surface area contributed by atoms with E-state index in [1.165, 1.54) is 29.0 Å². The summed E-state index contributed by atoms with van der Waals surface area (Å²) in [7, 11) is 1.66. The van der Waals surface area contributed by atoms with E-state index in [-0.39, 0.29) is 41.8 Å². The van der Waals surface area contributed by atoms with Gasteiger partial charge in [-0.25, -0.2) is 4.79 Å². The first-order valence-electron chi connectivity index (χ1n) is 21.7. The Kier molecular flexibility index (Phi) is 14.2. The second-order valence-electron chi connectivity index (χ2n) is 16.4. The number of phenols is 1. The number of thiophene rings is 1. The number of phenolic OH excluding ortho intramolecular Hbond substituents is 1. The van der Waals surface area contributed by atoms with E-state index < -0.39 is 17.7 Å². The molecule has 0 saturated carbocycles. The number of esters is 1. The number of hydrogen-bond acceptors (Lipinski definition) is 11. The number of nitrogens with zero attached hydrogens (tertiary/aromatic N) is 1. The van der Waals surface area contributed by atoms with Gasteiger partial charge in [-0.3, -0.25) is 14.5 Å². The molecule has 3 heterocycles. The Bertz CT molecular complexity index is 2790. The molecule has 1 aliphatic heterocycles. The maximum Gasteiger partial charge on any atom is 0.347 e. The molecule has 65 heavy (non-hydrogen) atoms. The number of methoxy groups -OCH3 is 1. The molecule has 334 valence electrons. The van der Waals surface area contributed by atoms with Crippen LogP contribution in [-0.2, 0) is 34.8 Å². The number of aliphatic hydroxyl groups excluding tert-OH is 1. The van der Waals surface area contributed by atoms with E-state index in [4.69, 9.17) is 9.47 Å². The second-order valence-corrected chi connectivity index (χ2v) is 17.6. The molecule has 0 radical (unpaired) electrons. The Morgan fingerprint density at radius 3 is 2.34 bits per heavy atom. The summed E-state index contributed by atoms with van der Waals surface area (Å²) in [5, 5.41) is 40.2. The number of carbonyl (C=O) groups is 2. The van der Waals surface area contributed by atoms with E-state index in [0.717, 1.165) is 59.1 Å². The molecule has 13 heteroatoms. The number of aromatic amines is 1. The number of amides is 1. The number of benzene rings is 5. The van der Waals surface area contributed by atoms with Gasteiger partial charge in [0.05, 0.1) is 31.9 Å². The summed E-state index contributed by atoms with van der Waals surface area (Å²) in [4.78, 5) is 45.8. The minimum atomic E-state index is -2.03. The number of piperidine rings is 1. The summed E-state index contributed by atoms with van der Waals surface area (Å²) < 4.78 is 11.2. The Morgan fingerprint density at radius 1 is 0.846 bits per heavy atom. The Hall–Kier alpha value is -6.61. The van der Waals surface area contributed by atoms with Gasteiger partial charge in [-0.1, -0.05) is 78.9 Å². The molecule has 1 fully saturated rings. The van der Waals surface area contributed by atoms with Crippen molar-refractivity contribution >= 4 is 34.1 Å². The maximum atomic E-state index is 14.0. The zero-order valence-electron chi connectivity index (χ0n) is 36.0. The highest BCUT2D eigenvalue weighted by Crippen LogP contribution is 2.36. The van der Waals surface area contributed by atoms with E-state index in [2.05, 4.69) is 32.7 Å². The third kappa shape index (κ3) is 10.7. The number of likely N-dealkylation sites (tertiary alicyclic amines) is 1. The van der Waals surface area contributed by atoms with Crippen LogP contribution in [0.5, 0.6) is 11.5 Å². The van der Waals surface area contributed by atoms with Gasteiger partial charge in [0, 0.05) is 52.0 Å². The Morgan fingerprint density at radius 2 is 1.58 bits per heavy atom. The largest absolute Gasteiger partial charge is 0.506 e. The number of pyridine rings is 1. The van der Waals surface area contributed by atoms with Crippen LogP contribution in [0.4, 0.5) is 0 Å². The zero-order chi connectivity index (χ0) is 45.3. The number of rotatable bonds is 17. The fourth-order valence-electron chi connectivity index (χ4n) is 8.26. The molecule has 7 aromatic rings. The standard InChI is InChI=1S/C52H52N4O8S/c1-63-41-16-12-35(13-17-41)32-56-26-24-36(25-27-56)33-64-51(61)52(62,39-7-3-2-4-8-39)40-9-5-6-38(28-40)47-22-18-42(65-47)30-54-50(60)37-14-10-34(11-15-37)29-53-31-46(58)43-19-21-45(57)49-44(43)20-23-48(59)55-49/h2-23,28,36,46,53,57-58,62H,24-27,29-33H2,1H3,(H,54,60)(H,55,59). The fraction of sp³-hybridized carbons (Fsp3) is 0.250. The third-order valence-corrected chi connectivity index (χ3v) is 13.1. The lowest BCUT2D eigenvalue weighted by atomic mass is 9.85. The van der Waals surface area contributed by atoms with Gasteiger partial charge in [-0.2, -0.15) is 0 Å². The van der Waals surface area contributed by atoms with Crippen LogP contribution >= 0.6 is 11.3 Å². The average molecular weight is 893 g/mol. The lowest BCUT2D eigenvalue weighted by Gasteiger charge is -2.33.